The second kappa shape index (κ2) is 8.47. The topological polar surface area (TPSA) is 95.9 Å². The van der Waals surface area contributed by atoms with Crippen molar-refractivity contribution >= 4 is 5.82 Å². The highest BCUT2D eigenvalue weighted by Gasteiger charge is 2.18. The first-order valence-corrected chi connectivity index (χ1v) is 9.99. The van der Waals surface area contributed by atoms with E-state index in [4.69, 9.17) is 5.26 Å². The summed E-state index contributed by atoms with van der Waals surface area (Å²) in [6.07, 6.45) is 1.61. The molecule has 9 nitrogen and oxygen atoms in total. The van der Waals surface area contributed by atoms with E-state index in [9.17, 15) is 4.79 Å². The van der Waals surface area contributed by atoms with Crippen LogP contribution in [0.1, 0.15) is 17.0 Å². The predicted octanol–water partition coefficient (Wildman–Crippen LogP) is 1.13. The van der Waals surface area contributed by atoms with Gasteiger partial charge in [-0.1, -0.05) is 0 Å². The third-order valence-electron chi connectivity index (χ3n) is 5.28. The molecule has 4 rings (SSSR count). The van der Waals surface area contributed by atoms with Crippen molar-refractivity contribution in [3.8, 4) is 11.9 Å². The summed E-state index contributed by atoms with van der Waals surface area (Å²) in [5, 5.41) is 17.9. The Bertz CT molecular complexity index is 1120. The van der Waals surface area contributed by atoms with E-state index >= 15 is 0 Å². The summed E-state index contributed by atoms with van der Waals surface area (Å²) in [6.45, 7) is 8.66. The van der Waals surface area contributed by atoms with Crippen molar-refractivity contribution in [2.75, 3.05) is 37.6 Å². The summed E-state index contributed by atoms with van der Waals surface area (Å²) in [5.74, 6) is 1.54. The van der Waals surface area contributed by atoms with E-state index in [2.05, 4.69) is 31.1 Å². The Morgan fingerprint density at radius 1 is 1.00 bits per heavy atom. The van der Waals surface area contributed by atoms with Crippen molar-refractivity contribution in [1.29, 1.82) is 5.26 Å². The van der Waals surface area contributed by atoms with E-state index in [0.29, 0.717) is 17.9 Å². The van der Waals surface area contributed by atoms with Gasteiger partial charge in [-0.05, 0) is 38.1 Å². The molecule has 30 heavy (non-hydrogen) atoms. The van der Waals surface area contributed by atoms with Crippen molar-refractivity contribution in [3.05, 3.63) is 63.8 Å². The lowest BCUT2D eigenvalue weighted by atomic mass is 10.2. The molecule has 3 aromatic rings. The van der Waals surface area contributed by atoms with E-state index in [-0.39, 0.29) is 5.56 Å². The lowest BCUT2D eigenvalue weighted by Gasteiger charge is -2.35. The number of hydrogen-bond acceptors (Lipinski definition) is 7. The van der Waals surface area contributed by atoms with Crippen molar-refractivity contribution in [1.82, 2.24) is 29.4 Å². The fourth-order valence-electron chi connectivity index (χ4n) is 3.65. The van der Waals surface area contributed by atoms with Gasteiger partial charge < -0.3 is 4.90 Å². The fourth-order valence-corrected chi connectivity index (χ4v) is 3.65. The van der Waals surface area contributed by atoms with Gasteiger partial charge in [0.1, 0.15) is 11.9 Å². The highest BCUT2D eigenvalue weighted by Crippen LogP contribution is 2.14. The molecule has 0 aromatic carbocycles. The minimum atomic E-state index is -0.110. The molecule has 4 heterocycles. The van der Waals surface area contributed by atoms with Crippen molar-refractivity contribution in [2.24, 2.45) is 0 Å². The third-order valence-corrected chi connectivity index (χ3v) is 5.28. The lowest BCUT2D eigenvalue weighted by Crippen LogP contribution is -2.48. The van der Waals surface area contributed by atoms with E-state index < -0.39 is 0 Å². The normalized spacial score (nSPS) is 14.6. The van der Waals surface area contributed by atoms with Gasteiger partial charge in [0.2, 0.25) is 0 Å². The van der Waals surface area contributed by atoms with Crippen LogP contribution < -0.4 is 10.5 Å². The molecule has 0 spiro atoms. The minimum absolute atomic E-state index is 0.110. The zero-order valence-electron chi connectivity index (χ0n) is 17.2. The van der Waals surface area contributed by atoms with Gasteiger partial charge in [0, 0.05) is 50.7 Å². The molecule has 1 saturated heterocycles. The SMILES string of the molecule is Cc1cc(C)n(-c2ccc(=O)n(CCN3CCN(c4ccc(C#N)cn4)CC3)n2)n1. The number of nitriles is 1. The Balaban J connectivity index is 1.36. The zero-order chi connectivity index (χ0) is 21.1. The number of piperazine rings is 1. The van der Waals surface area contributed by atoms with E-state index in [1.165, 1.54) is 4.68 Å². The van der Waals surface area contributed by atoms with Crippen molar-refractivity contribution in [3.63, 3.8) is 0 Å². The van der Waals surface area contributed by atoms with Gasteiger partial charge in [0.15, 0.2) is 5.82 Å². The molecule has 1 aliphatic heterocycles. The first kappa shape index (κ1) is 19.8. The molecule has 0 saturated carbocycles. The maximum atomic E-state index is 12.3. The molecule has 0 radical (unpaired) electrons. The standard InChI is InChI=1S/C21H24N8O/c1-16-13-17(2)29(24-16)20-5-6-21(30)28(25-20)12-9-26-7-10-27(11-8-26)19-4-3-18(14-22)15-23-19/h3-6,13,15H,7-12H2,1-2H3. The van der Waals surface area contributed by atoms with Crippen LogP contribution in [0.3, 0.4) is 0 Å². The molecule has 1 aliphatic rings. The predicted molar refractivity (Wildman–Crippen MR) is 113 cm³/mol. The third kappa shape index (κ3) is 4.23. The van der Waals surface area contributed by atoms with Crippen LogP contribution in [-0.4, -0.2) is 62.2 Å². The maximum absolute atomic E-state index is 12.3. The first-order chi connectivity index (χ1) is 14.5. The number of aryl methyl sites for hydroxylation is 2. The Kier molecular flexibility index (Phi) is 5.59. The minimum Gasteiger partial charge on any atom is -0.354 e. The van der Waals surface area contributed by atoms with Crippen LogP contribution in [0.5, 0.6) is 0 Å². The molecular weight excluding hydrogens is 380 g/mol. The summed E-state index contributed by atoms with van der Waals surface area (Å²) in [6, 6.07) is 11.0. The molecule has 9 heteroatoms. The van der Waals surface area contributed by atoms with Gasteiger partial charge in [-0.15, -0.1) is 5.10 Å². The molecule has 0 aliphatic carbocycles. The fraction of sp³-hybridized carbons (Fsp3) is 0.381. The maximum Gasteiger partial charge on any atom is 0.266 e. The van der Waals surface area contributed by atoms with Gasteiger partial charge in [-0.2, -0.15) is 10.4 Å². The zero-order valence-corrected chi connectivity index (χ0v) is 17.2. The quantitative estimate of drug-likeness (QED) is 0.629. The number of aromatic nitrogens is 5. The van der Waals surface area contributed by atoms with Gasteiger partial charge >= 0.3 is 0 Å². The average Bonchev–Trinajstić information content (AvgIpc) is 3.11. The van der Waals surface area contributed by atoms with Crippen LogP contribution in [0, 0.1) is 25.2 Å². The molecule has 0 amide bonds. The Labute approximate surface area is 174 Å². The lowest BCUT2D eigenvalue weighted by molar-refractivity contribution is 0.242. The smallest absolute Gasteiger partial charge is 0.266 e. The summed E-state index contributed by atoms with van der Waals surface area (Å²) >= 11 is 0. The van der Waals surface area contributed by atoms with Crippen LogP contribution in [0.4, 0.5) is 5.82 Å². The summed E-state index contributed by atoms with van der Waals surface area (Å²) in [5.41, 5.74) is 2.36. The summed E-state index contributed by atoms with van der Waals surface area (Å²) in [7, 11) is 0. The molecular formula is C21H24N8O. The van der Waals surface area contributed by atoms with Gasteiger partial charge in [-0.3, -0.25) is 9.69 Å². The van der Waals surface area contributed by atoms with E-state index in [1.807, 2.05) is 26.0 Å². The average molecular weight is 404 g/mol. The number of pyridine rings is 1. The van der Waals surface area contributed by atoms with Crippen molar-refractivity contribution < 1.29 is 0 Å². The number of anilines is 1. The van der Waals surface area contributed by atoms with Crippen LogP contribution in [0.2, 0.25) is 0 Å². The molecule has 154 valence electrons. The Hall–Kier alpha value is -3.51. The molecule has 1 fully saturated rings. The number of hydrogen-bond donors (Lipinski definition) is 0. The number of nitrogens with zero attached hydrogens (tertiary/aromatic N) is 8. The van der Waals surface area contributed by atoms with Gasteiger partial charge in [0.25, 0.3) is 5.56 Å². The van der Waals surface area contributed by atoms with Crippen LogP contribution in [0.15, 0.2) is 41.3 Å². The largest absolute Gasteiger partial charge is 0.354 e. The van der Waals surface area contributed by atoms with E-state index in [1.54, 1.807) is 29.1 Å². The monoisotopic (exact) mass is 404 g/mol. The molecule has 0 bridgehead atoms. The Morgan fingerprint density at radius 2 is 1.77 bits per heavy atom. The molecule has 3 aromatic heterocycles. The second-order valence-electron chi connectivity index (χ2n) is 7.44. The summed E-state index contributed by atoms with van der Waals surface area (Å²) in [4.78, 5) is 21.2. The molecule has 0 unspecified atom stereocenters. The van der Waals surface area contributed by atoms with E-state index in [0.717, 1.165) is 49.9 Å². The number of rotatable bonds is 5. The summed E-state index contributed by atoms with van der Waals surface area (Å²) < 4.78 is 3.27. The van der Waals surface area contributed by atoms with Crippen molar-refractivity contribution in [2.45, 2.75) is 20.4 Å². The van der Waals surface area contributed by atoms with Crippen LogP contribution >= 0.6 is 0 Å². The first-order valence-electron chi connectivity index (χ1n) is 9.99. The Morgan fingerprint density at radius 3 is 2.40 bits per heavy atom. The van der Waals surface area contributed by atoms with Crippen LogP contribution in [0.25, 0.3) is 5.82 Å². The highest BCUT2D eigenvalue weighted by atomic mass is 16.1. The molecule has 0 atom stereocenters. The van der Waals surface area contributed by atoms with Gasteiger partial charge in [-0.25, -0.2) is 14.3 Å². The highest BCUT2D eigenvalue weighted by molar-refractivity contribution is 5.42. The second-order valence-corrected chi connectivity index (χ2v) is 7.44. The van der Waals surface area contributed by atoms with Gasteiger partial charge in [0.05, 0.1) is 17.8 Å². The molecule has 0 N–H and O–H groups in total. The van der Waals surface area contributed by atoms with Crippen LogP contribution in [-0.2, 0) is 6.54 Å².